The summed E-state index contributed by atoms with van der Waals surface area (Å²) in [4.78, 5) is 23.8. The fourth-order valence-corrected chi connectivity index (χ4v) is 2.13. The summed E-state index contributed by atoms with van der Waals surface area (Å²) >= 11 is 0. The summed E-state index contributed by atoms with van der Waals surface area (Å²) in [6, 6.07) is 7.06. The molecule has 1 aliphatic rings. The summed E-state index contributed by atoms with van der Waals surface area (Å²) in [5.74, 6) is -1.04. The lowest BCUT2D eigenvalue weighted by molar-refractivity contribution is -0.149. The normalized spacial score (nSPS) is 20.8. The van der Waals surface area contributed by atoms with E-state index in [2.05, 4.69) is 5.32 Å². The topological polar surface area (TPSA) is 64.6 Å². The van der Waals surface area contributed by atoms with Crippen LogP contribution in [0.25, 0.3) is 0 Å². The van der Waals surface area contributed by atoms with E-state index in [9.17, 15) is 9.59 Å². The molecule has 2 rings (SSSR count). The Hall–Kier alpha value is -2.04. The highest BCUT2D eigenvalue weighted by atomic mass is 16.6. The van der Waals surface area contributed by atoms with Gasteiger partial charge in [-0.2, -0.15) is 0 Å². The summed E-state index contributed by atoms with van der Waals surface area (Å²) in [5, 5.41) is 2.71. The number of esters is 1. The summed E-state index contributed by atoms with van der Waals surface area (Å²) < 4.78 is 10.3. The Labute approximate surface area is 111 Å². The lowest BCUT2D eigenvalue weighted by atomic mass is 9.97. The highest BCUT2D eigenvalue weighted by Gasteiger charge is 2.44. The molecular weight excluding hydrogens is 246 g/mol. The SMILES string of the molecule is COc1ccccc1NC(=O)[C@H]1CC(C)(C)OC1=O. The molecule has 1 atom stereocenters. The smallest absolute Gasteiger partial charge is 0.319 e. The van der Waals surface area contributed by atoms with Crippen LogP contribution in [-0.2, 0) is 14.3 Å². The number of para-hydroxylation sites is 2. The van der Waals surface area contributed by atoms with Crippen molar-refractivity contribution in [2.45, 2.75) is 25.9 Å². The van der Waals surface area contributed by atoms with Gasteiger partial charge in [0.15, 0.2) is 0 Å². The standard InChI is InChI=1S/C14H17NO4/c1-14(2)8-9(13(17)19-14)12(16)15-10-6-4-5-7-11(10)18-3/h4-7,9H,8H2,1-3H3,(H,15,16)/t9-/m1/s1. The Morgan fingerprint density at radius 3 is 2.68 bits per heavy atom. The predicted octanol–water partition coefficient (Wildman–Crippen LogP) is 1.98. The molecule has 0 aliphatic carbocycles. The van der Waals surface area contributed by atoms with Gasteiger partial charge in [-0.1, -0.05) is 12.1 Å². The van der Waals surface area contributed by atoms with Crippen LogP contribution in [0.2, 0.25) is 0 Å². The summed E-state index contributed by atoms with van der Waals surface area (Å²) in [6.45, 7) is 3.59. The van der Waals surface area contributed by atoms with Crippen LogP contribution in [0.15, 0.2) is 24.3 Å². The highest BCUT2D eigenvalue weighted by molar-refractivity contribution is 6.06. The minimum atomic E-state index is -0.764. The molecule has 0 spiro atoms. The molecule has 0 bridgehead atoms. The van der Waals surface area contributed by atoms with Gasteiger partial charge < -0.3 is 14.8 Å². The first kappa shape index (κ1) is 13.4. The molecule has 0 radical (unpaired) electrons. The number of hydrogen-bond donors (Lipinski definition) is 1. The number of carbonyl (C=O) groups is 2. The molecule has 19 heavy (non-hydrogen) atoms. The number of amides is 1. The number of anilines is 1. The third-order valence-electron chi connectivity index (χ3n) is 3.04. The lowest BCUT2D eigenvalue weighted by Gasteiger charge is -2.14. The van der Waals surface area contributed by atoms with Crippen molar-refractivity contribution in [3.8, 4) is 5.75 Å². The van der Waals surface area contributed by atoms with Crippen molar-refractivity contribution in [1.82, 2.24) is 0 Å². The van der Waals surface area contributed by atoms with Crippen molar-refractivity contribution in [1.29, 1.82) is 0 Å². The van der Waals surface area contributed by atoms with E-state index < -0.39 is 17.5 Å². The minimum Gasteiger partial charge on any atom is -0.495 e. The van der Waals surface area contributed by atoms with E-state index in [0.717, 1.165) is 0 Å². The van der Waals surface area contributed by atoms with Gasteiger partial charge in [0.05, 0.1) is 12.8 Å². The molecular formula is C14H17NO4. The van der Waals surface area contributed by atoms with Gasteiger partial charge in [0.25, 0.3) is 0 Å². The second-order valence-corrected chi connectivity index (χ2v) is 5.13. The quantitative estimate of drug-likeness (QED) is 0.669. The molecule has 1 heterocycles. The maximum atomic E-state index is 12.1. The molecule has 1 aromatic carbocycles. The van der Waals surface area contributed by atoms with E-state index >= 15 is 0 Å². The van der Waals surface area contributed by atoms with E-state index in [4.69, 9.17) is 9.47 Å². The zero-order chi connectivity index (χ0) is 14.0. The van der Waals surface area contributed by atoms with Crippen LogP contribution < -0.4 is 10.1 Å². The lowest BCUT2D eigenvalue weighted by Crippen LogP contribution is -2.26. The number of methoxy groups -OCH3 is 1. The van der Waals surface area contributed by atoms with Gasteiger partial charge in [-0.05, 0) is 26.0 Å². The number of nitrogens with one attached hydrogen (secondary N) is 1. The largest absolute Gasteiger partial charge is 0.495 e. The molecule has 1 saturated heterocycles. The van der Waals surface area contributed by atoms with Crippen molar-refractivity contribution >= 4 is 17.6 Å². The summed E-state index contributed by atoms with van der Waals surface area (Å²) in [7, 11) is 1.53. The summed E-state index contributed by atoms with van der Waals surface area (Å²) in [5.41, 5.74) is -0.0349. The Kier molecular flexibility index (Phi) is 3.46. The van der Waals surface area contributed by atoms with Crippen LogP contribution in [0.3, 0.4) is 0 Å². The molecule has 102 valence electrons. The molecule has 5 nitrogen and oxygen atoms in total. The fourth-order valence-electron chi connectivity index (χ4n) is 2.13. The van der Waals surface area contributed by atoms with Crippen molar-refractivity contribution in [2.75, 3.05) is 12.4 Å². The number of benzene rings is 1. The van der Waals surface area contributed by atoms with Crippen LogP contribution in [-0.4, -0.2) is 24.6 Å². The Bertz CT molecular complexity index is 510. The molecule has 1 fully saturated rings. The molecule has 1 amide bonds. The second-order valence-electron chi connectivity index (χ2n) is 5.13. The van der Waals surface area contributed by atoms with E-state index in [1.54, 1.807) is 38.1 Å². The van der Waals surface area contributed by atoms with Gasteiger partial charge >= 0.3 is 5.97 Å². The van der Waals surface area contributed by atoms with E-state index in [0.29, 0.717) is 17.9 Å². The number of rotatable bonds is 3. The zero-order valence-electron chi connectivity index (χ0n) is 11.2. The third-order valence-corrected chi connectivity index (χ3v) is 3.04. The van der Waals surface area contributed by atoms with Crippen molar-refractivity contribution in [2.24, 2.45) is 5.92 Å². The van der Waals surface area contributed by atoms with Crippen molar-refractivity contribution < 1.29 is 19.1 Å². The summed E-state index contributed by atoms with van der Waals surface area (Å²) in [6.07, 6.45) is 0.382. The first-order chi connectivity index (χ1) is 8.93. The monoisotopic (exact) mass is 263 g/mol. The van der Waals surface area contributed by atoms with Gasteiger partial charge in [-0.15, -0.1) is 0 Å². The Morgan fingerprint density at radius 2 is 2.11 bits per heavy atom. The van der Waals surface area contributed by atoms with Crippen LogP contribution in [0.4, 0.5) is 5.69 Å². The first-order valence-corrected chi connectivity index (χ1v) is 6.10. The molecule has 5 heteroatoms. The van der Waals surface area contributed by atoms with Gasteiger partial charge in [0.2, 0.25) is 5.91 Å². The minimum absolute atomic E-state index is 0.361. The highest BCUT2D eigenvalue weighted by Crippen LogP contribution is 2.32. The molecule has 0 unspecified atom stereocenters. The van der Waals surface area contributed by atoms with Crippen LogP contribution in [0.5, 0.6) is 5.75 Å². The van der Waals surface area contributed by atoms with Gasteiger partial charge in [-0.3, -0.25) is 9.59 Å². The Balaban J connectivity index is 2.12. The van der Waals surface area contributed by atoms with E-state index in [1.165, 1.54) is 7.11 Å². The molecule has 0 saturated carbocycles. The second kappa shape index (κ2) is 4.91. The number of ether oxygens (including phenoxy) is 2. The molecule has 1 N–H and O–H groups in total. The maximum Gasteiger partial charge on any atom is 0.319 e. The number of carbonyl (C=O) groups excluding carboxylic acids is 2. The van der Waals surface area contributed by atoms with Crippen molar-refractivity contribution in [3.05, 3.63) is 24.3 Å². The maximum absolute atomic E-state index is 12.1. The Morgan fingerprint density at radius 1 is 1.42 bits per heavy atom. The fraction of sp³-hybridized carbons (Fsp3) is 0.429. The van der Waals surface area contributed by atoms with Crippen molar-refractivity contribution in [3.63, 3.8) is 0 Å². The number of cyclic esters (lactones) is 1. The predicted molar refractivity (Wildman–Crippen MR) is 69.9 cm³/mol. The van der Waals surface area contributed by atoms with E-state index in [-0.39, 0.29) is 5.91 Å². The molecule has 0 aromatic heterocycles. The van der Waals surface area contributed by atoms with Gasteiger partial charge in [0, 0.05) is 6.42 Å². The number of hydrogen-bond acceptors (Lipinski definition) is 4. The van der Waals surface area contributed by atoms with Crippen LogP contribution in [0.1, 0.15) is 20.3 Å². The average molecular weight is 263 g/mol. The van der Waals surface area contributed by atoms with Gasteiger partial charge in [-0.25, -0.2) is 0 Å². The average Bonchev–Trinajstić information content (AvgIpc) is 2.63. The zero-order valence-corrected chi connectivity index (χ0v) is 11.2. The van der Waals surface area contributed by atoms with Crippen LogP contribution in [0, 0.1) is 5.92 Å². The van der Waals surface area contributed by atoms with Gasteiger partial charge in [0.1, 0.15) is 17.3 Å². The first-order valence-electron chi connectivity index (χ1n) is 6.10. The van der Waals surface area contributed by atoms with Crippen LogP contribution >= 0.6 is 0 Å². The molecule has 1 aliphatic heterocycles. The van der Waals surface area contributed by atoms with E-state index in [1.807, 2.05) is 0 Å². The molecule has 1 aromatic rings. The third kappa shape index (κ3) is 2.86.